The van der Waals surface area contributed by atoms with E-state index in [0.717, 1.165) is 38.2 Å². The van der Waals surface area contributed by atoms with Crippen LogP contribution in [0, 0.1) is 0 Å². The van der Waals surface area contributed by atoms with Gasteiger partial charge >= 0.3 is 11.7 Å². The number of nitrogens with one attached hydrogen (secondary N) is 1. The van der Waals surface area contributed by atoms with Crippen molar-refractivity contribution in [3.05, 3.63) is 56.7 Å². The van der Waals surface area contributed by atoms with E-state index >= 15 is 0 Å². The Labute approximate surface area is 197 Å². The van der Waals surface area contributed by atoms with Crippen LogP contribution in [0.5, 0.6) is 0 Å². The first kappa shape index (κ1) is 23.7. The Hall–Kier alpha value is -3.40. The predicted octanol–water partition coefficient (Wildman–Crippen LogP) is 1.16. The van der Waals surface area contributed by atoms with Gasteiger partial charge in [-0.3, -0.25) is 18.7 Å². The summed E-state index contributed by atoms with van der Waals surface area (Å²) in [5.74, 6) is 0.0836. The normalized spacial score (nSPS) is 15.0. The number of piperazine rings is 1. The molecule has 1 N–H and O–H groups in total. The van der Waals surface area contributed by atoms with Crippen LogP contribution < -0.4 is 21.5 Å². The van der Waals surface area contributed by atoms with Crippen LogP contribution in [-0.2, 0) is 29.0 Å². The number of fused-ring (bicyclic) bond motifs is 1. The zero-order valence-electron chi connectivity index (χ0n) is 20.0. The second-order valence-corrected chi connectivity index (χ2v) is 8.59. The number of anilines is 1. The number of nitrogens with zero attached hydrogens (tertiary/aromatic N) is 5. The van der Waals surface area contributed by atoms with Crippen LogP contribution in [0.4, 0.5) is 5.95 Å². The van der Waals surface area contributed by atoms with Crippen LogP contribution in [-0.4, -0.2) is 57.9 Å². The van der Waals surface area contributed by atoms with Crippen molar-refractivity contribution in [2.45, 2.75) is 45.8 Å². The number of hydrogen-bond acceptors (Lipinski definition) is 7. The lowest BCUT2D eigenvalue weighted by molar-refractivity contribution is -0.141. The molecule has 0 amide bonds. The van der Waals surface area contributed by atoms with Gasteiger partial charge in [-0.1, -0.05) is 37.3 Å². The Morgan fingerprint density at radius 2 is 1.85 bits per heavy atom. The van der Waals surface area contributed by atoms with Crippen LogP contribution in [0.25, 0.3) is 11.2 Å². The van der Waals surface area contributed by atoms with Crippen molar-refractivity contribution >= 4 is 23.1 Å². The first-order valence-corrected chi connectivity index (χ1v) is 11.8. The Morgan fingerprint density at radius 1 is 1.15 bits per heavy atom. The number of rotatable bonds is 8. The quantitative estimate of drug-likeness (QED) is 0.495. The van der Waals surface area contributed by atoms with Gasteiger partial charge in [0.1, 0.15) is 6.54 Å². The largest absolute Gasteiger partial charge is 0.468 e. The van der Waals surface area contributed by atoms with Gasteiger partial charge in [-0.2, -0.15) is 4.98 Å². The molecule has 34 heavy (non-hydrogen) atoms. The van der Waals surface area contributed by atoms with Gasteiger partial charge in [0.2, 0.25) is 5.95 Å². The number of methoxy groups -OCH3 is 1. The van der Waals surface area contributed by atoms with Crippen LogP contribution >= 0.6 is 0 Å². The summed E-state index contributed by atoms with van der Waals surface area (Å²) in [6.45, 7) is 7.07. The summed E-state index contributed by atoms with van der Waals surface area (Å²) < 4.78 is 9.28. The van der Waals surface area contributed by atoms with Gasteiger partial charge < -0.3 is 19.5 Å². The summed E-state index contributed by atoms with van der Waals surface area (Å²) in [4.78, 5) is 46.3. The monoisotopic (exact) mass is 468 g/mol. The Kier molecular flexibility index (Phi) is 7.16. The zero-order chi connectivity index (χ0) is 24.2. The number of esters is 1. The van der Waals surface area contributed by atoms with E-state index < -0.39 is 11.7 Å². The molecule has 182 valence electrons. The second-order valence-electron chi connectivity index (χ2n) is 8.59. The van der Waals surface area contributed by atoms with Crippen molar-refractivity contribution in [3.8, 4) is 0 Å². The van der Waals surface area contributed by atoms with Crippen molar-refractivity contribution in [3.63, 3.8) is 0 Å². The minimum Gasteiger partial charge on any atom is -0.468 e. The standard InChI is InChI=1S/C24H32N6O4/c1-4-17(2)30-20-21(26-23(30)27-14-11-25-12-15-27)29(16-19(31)34-3)24(33)28(22(20)32)13-10-18-8-6-5-7-9-18/h5-9,17,25H,4,10-16H2,1-3H3. The van der Waals surface area contributed by atoms with Crippen LogP contribution in [0.2, 0.25) is 0 Å². The smallest absolute Gasteiger partial charge is 0.333 e. The van der Waals surface area contributed by atoms with E-state index in [1.54, 1.807) is 0 Å². The molecule has 4 rings (SSSR count). The number of aromatic nitrogens is 4. The highest BCUT2D eigenvalue weighted by atomic mass is 16.5. The lowest BCUT2D eigenvalue weighted by Gasteiger charge is -2.30. The average molecular weight is 469 g/mol. The highest BCUT2D eigenvalue weighted by Crippen LogP contribution is 2.26. The fraction of sp³-hybridized carbons (Fsp3) is 0.500. The minimum absolute atomic E-state index is 0.0192. The molecule has 1 unspecified atom stereocenters. The summed E-state index contributed by atoms with van der Waals surface area (Å²) in [5.41, 5.74) is 0.653. The van der Waals surface area contributed by atoms with Gasteiger partial charge in [0.05, 0.1) is 7.11 Å². The third-order valence-electron chi connectivity index (χ3n) is 6.45. The first-order valence-electron chi connectivity index (χ1n) is 11.8. The van der Waals surface area contributed by atoms with E-state index in [4.69, 9.17) is 9.72 Å². The SMILES string of the molecule is CCC(C)n1c(N2CCNCC2)nc2c1c(=O)n(CCc1ccccc1)c(=O)n2CC(=O)OC. The van der Waals surface area contributed by atoms with Gasteiger partial charge in [0.25, 0.3) is 5.56 Å². The van der Waals surface area contributed by atoms with Crippen LogP contribution in [0.3, 0.4) is 0 Å². The molecule has 0 aliphatic carbocycles. The van der Waals surface area contributed by atoms with E-state index in [-0.39, 0.29) is 30.3 Å². The van der Waals surface area contributed by atoms with Gasteiger partial charge in [-0.15, -0.1) is 0 Å². The Morgan fingerprint density at radius 3 is 2.50 bits per heavy atom. The summed E-state index contributed by atoms with van der Waals surface area (Å²) >= 11 is 0. The highest BCUT2D eigenvalue weighted by Gasteiger charge is 2.27. The van der Waals surface area contributed by atoms with Crippen molar-refractivity contribution in [2.24, 2.45) is 0 Å². The zero-order valence-corrected chi connectivity index (χ0v) is 20.0. The van der Waals surface area contributed by atoms with Crippen molar-refractivity contribution in [2.75, 3.05) is 38.2 Å². The second kappa shape index (κ2) is 10.3. The summed E-state index contributed by atoms with van der Waals surface area (Å²) in [7, 11) is 1.28. The molecule has 0 spiro atoms. The highest BCUT2D eigenvalue weighted by molar-refractivity contribution is 5.77. The number of hydrogen-bond donors (Lipinski definition) is 1. The van der Waals surface area contributed by atoms with Gasteiger partial charge in [0, 0.05) is 38.8 Å². The maximum absolute atomic E-state index is 13.8. The Bertz CT molecular complexity index is 1270. The molecule has 1 aliphatic rings. The lowest BCUT2D eigenvalue weighted by atomic mass is 10.1. The van der Waals surface area contributed by atoms with E-state index in [1.165, 1.54) is 16.2 Å². The molecule has 1 saturated heterocycles. The van der Waals surface area contributed by atoms with E-state index in [2.05, 4.69) is 17.1 Å². The number of aryl methyl sites for hydroxylation is 1. The van der Waals surface area contributed by atoms with Gasteiger partial charge in [-0.05, 0) is 25.3 Å². The number of carbonyl (C=O) groups excluding carboxylic acids is 1. The van der Waals surface area contributed by atoms with Crippen molar-refractivity contribution in [1.29, 1.82) is 0 Å². The molecule has 0 bridgehead atoms. The molecule has 0 saturated carbocycles. The molecular weight excluding hydrogens is 436 g/mol. The summed E-state index contributed by atoms with van der Waals surface area (Å²) in [5, 5.41) is 3.33. The summed E-state index contributed by atoms with van der Waals surface area (Å²) in [6.07, 6.45) is 1.30. The van der Waals surface area contributed by atoms with Crippen molar-refractivity contribution in [1.82, 2.24) is 24.0 Å². The number of carbonyl (C=O) groups is 1. The molecule has 1 aromatic carbocycles. The fourth-order valence-electron chi connectivity index (χ4n) is 4.35. The van der Waals surface area contributed by atoms with Gasteiger partial charge in [0.15, 0.2) is 11.2 Å². The molecular formula is C24H32N6O4. The molecule has 3 aromatic rings. The van der Waals surface area contributed by atoms with Crippen molar-refractivity contribution < 1.29 is 9.53 Å². The van der Waals surface area contributed by atoms with E-state index in [0.29, 0.717) is 17.9 Å². The number of benzene rings is 1. The molecule has 1 atom stereocenters. The summed E-state index contributed by atoms with van der Waals surface area (Å²) in [6, 6.07) is 9.68. The number of imidazole rings is 1. The predicted molar refractivity (Wildman–Crippen MR) is 130 cm³/mol. The molecule has 10 nitrogen and oxygen atoms in total. The van der Waals surface area contributed by atoms with Crippen LogP contribution in [0.15, 0.2) is 39.9 Å². The molecule has 0 radical (unpaired) electrons. The van der Waals surface area contributed by atoms with Gasteiger partial charge in [-0.25, -0.2) is 4.79 Å². The lowest BCUT2D eigenvalue weighted by Crippen LogP contribution is -2.45. The molecule has 1 fully saturated rings. The molecule has 2 aromatic heterocycles. The maximum Gasteiger partial charge on any atom is 0.333 e. The third kappa shape index (κ3) is 4.50. The van der Waals surface area contributed by atoms with E-state index in [1.807, 2.05) is 41.8 Å². The Balaban J connectivity index is 1.94. The average Bonchev–Trinajstić information content (AvgIpc) is 3.28. The van der Waals surface area contributed by atoms with E-state index in [9.17, 15) is 14.4 Å². The first-order chi connectivity index (χ1) is 16.5. The molecule has 10 heteroatoms. The molecule has 1 aliphatic heterocycles. The minimum atomic E-state index is -0.571. The topological polar surface area (TPSA) is 103 Å². The number of ether oxygens (including phenoxy) is 1. The fourth-order valence-corrected chi connectivity index (χ4v) is 4.35. The molecule has 3 heterocycles. The van der Waals surface area contributed by atoms with Crippen LogP contribution in [0.1, 0.15) is 31.9 Å². The maximum atomic E-state index is 13.8. The third-order valence-corrected chi connectivity index (χ3v) is 6.45.